The number of nitrogen functional groups attached to an aromatic ring is 1. The lowest BCUT2D eigenvalue weighted by molar-refractivity contribution is 0.242. The maximum Gasteiger partial charge on any atom is 0.141 e. The lowest BCUT2D eigenvalue weighted by atomic mass is 10.1. The Kier molecular flexibility index (Phi) is 2.48. The Labute approximate surface area is 89.4 Å². The first-order valence-corrected chi connectivity index (χ1v) is 5.15. The molecule has 15 heavy (non-hydrogen) atoms. The zero-order valence-electron chi connectivity index (χ0n) is 9.20. The molecule has 82 valence electrons. The van der Waals surface area contributed by atoms with Gasteiger partial charge in [-0.15, -0.1) is 0 Å². The summed E-state index contributed by atoms with van der Waals surface area (Å²) >= 11 is 0. The van der Waals surface area contributed by atoms with Gasteiger partial charge < -0.3 is 15.2 Å². The molecule has 0 fully saturated rings. The van der Waals surface area contributed by atoms with Crippen LogP contribution in [0.2, 0.25) is 0 Å². The van der Waals surface area contributed by atoms with Gasteiger partial charge in [0, 0.05) is 19.0 Å². The second-order valence-electron chi connectivity index (χ2n) is 4.24. The van der Waals surface area contributed by atoms with E-state index in [9.17, 15) is 0 Å². The van der Waals surface area contributed by atoms with Crippen molar-refractivity contribution in [2.24, 2.45) is 5.73 Å². The SMILES string of the molecule is CN(C)C1CCn2c(C(=N)N)cnc2C1. The molecule has 1 aliphatic rings. The highest BCUT2D eigenvalue weighted by atomic mass is 15.2. The van der Waals surface area contributed by atoms with Crippen LogP contribution >= 0.6 is 0 Å². The fourth-order valence-corrected chi connectivity index (χ4v) is 2.07. The smallest absolute Gasteiger partial charge is 0.141 e. The highest BCUT2D eigenvalue weighted by Crippen LogP contribution is 2.18. The molecule has 1 unspecified atom stereocenters. The summed E-state index contributed by atoms with van der Waals surface area (Å²) in [6, 6.07) is 0.555. The predicted octanol–water partition coefficient (Wildman–Crippen LogP) is 0.0436. The Balaban J connectivity index is 2.26. The van der Waals surface area contributed by atoms with Crippen LogP contribution in [0.1, 0.15) is 17.9 Å². The van der Waals surface area contributed by atoms with Gasteiger partial charge >= 0.3 is 0 Å². The van der Waals surface area contributed by atoms with Crippen molar-refractivity contribution >= 4 is 5.84 Å². The number of rotatable bonds is 2. The number of amidine groups is 1. The first-order chi connectivity index (χ1) is 7.09. The summed E-state index contributed by atoms with van der Waals surface area (Å²) < 4.78 is 2.06. The number of likely N-dealkylation sites (N-methyl/N-ethyl adjacent to an activating group) is 1. The summed E-state index contributed by atoms with van der Waals surface area (Å²) in [5, 5.41) is 7.43. The third kappa shape index (κ3) is 1.74. The van der Waals surface area contributed by atoms with Crippen molar-refractivity contribution < 1.29 is 0 Å². The Morgan fingerprint density at radius 3 is 3.00 bits per heavy atom. The number of nitrogens with zero attached hydrogens (tertiary/aromatic N) is 3. The van der Waals surface area contributed by atoms with Gasteiger partial charge in [-0.1, -0.05) is 0 Å². The average molecular weight is 207 g/mol. The molecule has 3 N–H and O–H groups in total. The van der Waals surface area contributed by atoms with E-state index in [1.807, 2.05) is 0 Å². The first kappa shape index (κ1) is 10.2. The van der Waals surface area contributed by atoms with E-state index in [0.717, 1.165) is 30.9 Å². The highest BCUT2D eigenvalue weighted by molar-refractivity contribution is 5.93. The van der Waals surface area contributed by atoms with E-state index in [4.69, 9.17) is 11.1 Å². The van der Waals surface area contributed by atoms with Gasteiger partial charge in [-0.3, -0.25) is 5.41 Å². The molecule has 1 atom stereocenters. The largest absolute Gasteiger partial charge is 0.382 e. The Morgan fingerprint density at radius 1 is 1.67 bits per heavy atom. The van der Waals surface area contributed by atoms with Crippen LogP contribution < -0.4 is 5.73 Å². The van der Waals surface area contributed by atoms with Gasteiger partial charge in [0.1, 0.15) is 17.4 Å². The van der Waals surface area contributed by atoms with Gasteiger partial charge in [0.2, 0.25) is 0 Å². The summed E-state index contributed by atoms with van der Waals surface area (Å²) in [5.74, 6) is 1.15. The number of fused-ring (bicyclic) bond motifs is 1. The van der Waals surface area contributed by atoms with E-state index in [0.29, 0.717) is 6.04 Å². The third-order valence-electron chi connectivity index (χ3n) is 3.05. The van der Waals surface area contributed by atoms with Crippen LogP contribution in [-0.2, 0) is 13.0 Å². The van der Waals surface area contributed by atoms with Gasteiger partial charge in [-0.05, 0) is 20.5 Å². The summed E-state index contributed by atoms with van der Waals surface area (Å²) in [5.41, 5.74) is 6.24. The maximum absolute atomic E-state index is 7.43. The molecule has 2 rings (SSSR count). The van der Waals surface area contributed by atoms with E-state index in [1.54, 1.807) is 6.20 Å². The molecular weight excluding hydrogens is 190 g/mol. The second kappa shape index (κ2) is 3.66. The van der Waals surface area contributed by atoms with Crippen molar-refractivity contribution in [3.05, 3.63) is 17.7 Å². The number of imidazole rings is 1. The molecule has 0 radical (unpaired) electrons. The molecular formula is C10H17N5. The molecule has 0 bridgehead atoms. The molecule has 0 spiro atoms. The standard InChI is InChI=1S/C10H17N5/c1-14(2)7-3-4-15-8(10(11)12)6-13-9(15)5-7/h6-7H,3-5H2,1-2H3,(H3,11,12). The lowest BCUT2D eigenvalue weighted by Crippen LogP contribution is -2.36. The minimum Gasteiger partial charge on any atom is -0.382 e. The normalized spacial score (nSPS) is 20.3. The Hall–Kier alpha value is -1.36. The summed E-state index contributed by atoms with van der Waals surface area (Å²) in [4.78, 5) is 6.55. The highest BCUT2D eigenvalue weighted by Gasteiger charge is 2.23. The van der Waals surface area contributed by atoms with Crippen molar-refractivity contribution in [1.29, 1.82) is 5.41 Å². The van der Waals surface area contributed by atoms with Crippen molar-refractivity contribution in [2.45, 2.75) is 25.4 Å². The van der Waals surface area contributed by atoms with E-state index in [-0.39, 0.29) is 5.84 Å². The Morgan fingerprint density at radius 2 is 2.40 bits per heavy atom. The molecule has 5 nitrogen and oxygen atoms in total. The second-order valence-corrected chi connectivity index (χ2v) is 4.24. The fraction of sp³-hybridized carbons (Fsp3) is 0.600. The molecule has 5 heteroatoms. The number of aromatic nitrogens is 2. The van der Waals surface area contributed by atoms with E-state index in [1.165, 1.54) is 0 Å². The number of hydrogen-bond donors (Lipinski definition) is 2. The number of nitrogens with one attached hydrogen (secondary N) is 1. The van der Waals surface area contributed by atoms with E-state index in [2.05, 4.69) is 28.5 Å². The monoisotopic (exact) mass is 207 g/mol. The van der Waals surface area contributed by atoms with Crippen molar-refractivity contribution in [3.8, 4) is 0 Å². The fourth-order valence-electron chi connectivity index (χ4n) is 2.07. The zero-order valence-corrected chi connectivity index (χ0v) is 9.20. The predicted molar refractivity (Wildman–Crippen MR) is 59.0 cm³/mol. The Bertz CT molecular complexity index is 379. The lowest BCUT2D eigenvalue weighted by Gasteiger charge is -2.29. The number of nitrogens with two attached hydrogens (primary N) is 1. The zero-order chi connectivity index (χ0) is 11.0. The van der Waals surface area contributed by atoms with E-state index < -0.39 is 0 Å². The summed E-state index contributed by atoms with van der Waals surface area (Å²) in [6.45, 7) is 0.910. The van der Waals surface area contributed by atoms with Crippen LogP contribution in [0.4, 0.5) is 0 Å². The molecule has 1 aliphatic heterocycles. The van der Waals surface area contributed by atoms with Crippen molar-refractivity contribution in [3.63, 3.8) is 0 Å². The van der Waals surface area contributed by atoms with Crippen LogP contribution in [0, 0.1) is 5.41 Å². The van der Waals surface area contributed by atoms with Crippen LogP contribution in [0.15, 0.2) is 6.20 Å². The molecule has 1 aromatic rings. The minimum absolute atomic E-state index is 0.108. The van der Waals surface area contributed by atoms with Crippen LogP contribution in [0.5, 0.6) is 0 Å². The van der Waals surface area contributed by atoms with Crippen molar-refractivity contribution in [1.82, 2.24) is 14.5 Å². The summed E-state index contributed by atoms with van der Waals surface area (Å²) in [6.07, 6.45) is 3.74. The quantitative estimate of drug-likeness (QED) is 0.531. The topological polar surface area (TPSA) is 70.9 Å². The van der Waals surface area contributed by atoms with Gasteiger partial charge in [-0.2, -0.15) is 0 Å². The molecule has 0 saturated carbocycles. The van der Waals surface area contributed by atoms with Crippen LogP contribution in [0.3, 0.4) is 0 Å². The minimum atomic E-state index is 0.108. The molecule has 1 aromatic heterocycles. The number of hydrogen-bond acceptors (Lipinski definition) is 3. The molecule has 0 aromatic carbocycles. The average Bonchev–Trinajstić information content (AvgIpc) is 2.59. The maximum atomic E-state index is 7.43. The van der Waals surface area contributed by atoms with Crippen LogP contribution in [-0.4, -0.2) is 40.4 Å². The van der Waals surface area contributed by atoms with E-state index >= 15 is 0 Å². The molecule has 0 amide bonds. The first-order valence-electron chi connectivity index (χ1n) is 5.15. The third-order valence-corrected chi connectivity index (χ3v) is 3.05. The van der Waals surface area contributed by atoms with Crippen molar-refractivity contribution in [2.75, 3.05) is 14.1 Å². The van der Waals surface area contributed by atoms with Gasteiger partial charge in [0.05, 0.1) is 6.20 Å². The molecule has 2 heterocycles. The summed E-state index contributed by atoms with van der Waals surface area (Å²) in [7, 11) is 4.18. The van der Waals surface area contributed by atoms with Gasteiger partial charge in [0.15, 0.2) is 0 Å². The molecule has 0 saturated heterocycles. The van der Waals surface area contributed by atoms with Crippen LogP contribution in [0.25, 0.3) is 0 Å². The van der Waals surface area contributed by atoms with Gasteiger partial charge in [-0.25, -0.2) is 4.98 Å². The van der Waals surface area contributed by atoms with Gasteiger partial charge in [0.25, 0.3) is 0 Å². The molecule has 0 aliphatic carbocycles.